The fourth-order valence-corrected chi connectivity index (χ4v) is 2.83. The van der Waals surface area contributed by atoms with Gasteiger partial charge in [0.05, 0.1) is 17.3 Å². The van der Waals surface area contributed by atoms with Crippen LogP contribution < -0.4 is 0 Å². The highest BCUT2D eigenvalue weighted by atomic mass is 16.1. The Morgan fingerprint density at radius 1 is 1.32 bits per heavy atom. The van der Waals surface area contributed by atoms with Crippen LogP contribution in [0.5, 0.6) is 0 Å². The first-order valence-corrected chi connectivity index (χ1v) is 6.82. The minimum absolute atomic E-state index is 0.439. The predicted molar refractivity (Wildman–Crippen MR) is 71.9 cm³/mol. The van der Waals surface area contributed by atoms with Crippen LogP contribution in [0.4, 0.5) is 0 Å². The number of hydrogen-bond acceptors (Lipinski definition) is 3. The van der Waals surface area contributed by atoms with E-state index in [0.29, 0.717) is 11.6 Å². The van der Waals surface area contributed by atoms with Crippen LogP contribution in [0.3, 0.4) is 0 Å². The Hall–Kier alpha value is -1.91. The molecule has 0 saturated heterocycles. The summed E-state index contributed by atoms with van der Waals surface area (Å²) in [6, 6.07) is 2.33. The van der Waals surface area contributed by atoms with Crippen molar-refractivity contribution in [1.29, 1.82) is 0 Å². The van der Waals surface area contributed by atoms with E-state index >= 15 is 0 Å². The second-order valence-electron chi connectivity index (χ2n) is 5.16. The van der Waals surface area contributed by atoms with Crippen molar-refractivity contribution in [3.63, 3.8) is 0 Å². The molecule has 1 fully saturated rings. The normalized spacial score (nSPS) is 16.7. The van der Waals surface area contributed by atoms with Crippen LogP contribution in [0.2, 0.25) is 0 Å². The first kappa shape index (κ1) is 12.1. The summed E-state index contributed by atoms with van der Waals surface area (Å²) in [5.41, 5.74) is 2.27. The van der Waals surface area contributed by atoms with E-state index in [1.54, 1.807) is 10.9 Å². The van der Waals surface area contributed by atoms with Crippen molar-refractivity contribution in [2.75, 3.05) is 0 Å². The molecular formula is C14H18N4O. The Balaban J connectivity index is 1.98. The van der Waals surface area contributed by atoms with Crippen LogP contribution in [-0.4, -0.2) is 25.8 Å². The van der Waals surface area contributed by atoms with Crippen LogP contribution in [0.1, 0.15) is 48.5 Å². The van der Waals surface area contributed by atoms with E-state index in [1.165, 1.54) is 19.3 Å². The number of carbonyl (C=O) groups excluding carboxylic acids is 1. The molecule has 0 spiro atoms. The van der Waals surface area contributed by atoms with Crippen LogP contribution in [0.25, 0.3) is 11.4 Å². The smallest absolute Gasteiger partial charge is 0.153 e. The molecule has 0 aromatic carbocycles. The maximum absolute atomic E-state index is 11.2. The van der Waals surface area contributed by atoms with Gasteiger partial charge in [0.15, 0.2) is 6.29 Å². The average Bonchev–Trinajstić information content (AvgIpc) is 3.05. The van der Waals surface area contributed by atoms with Gasteiger partial charge in [0.25, 0.3) is 0 Å². The van der Waals surface area contributed by atoms with Crippen LogP contribution in [0, 0.1) is 0 Å². The van der Waals surface area contributed by atoms with Gasteiger partial charge in [-0.1, -0.05) is 19.3 Å². The summed E-state index contributed by atoms with van der Waals surface area (Å²) in [5.74, 6) is 0. The van der Waals surface area contributed by atoms with E-state index in [9.17, 15) is 4.79 Å². The third-order valence-electron chi connectivity index (χ3n) is 3.90. The lowest BCUT2D eigenvalue weighted by Gasteiger charge is -2.21. The van der Waals surface area contributed by atoms with Crippen molar-refractivity contribution >= 4 is 6.29 Å². The van der Waals surface area contributed by atoms with Gasteiger partial charge in [-0.25, -0.2) is 0 Å². The van der Waals surface area contributed by atoms with Crippen molar-refractivity contribution in [2.45, 2.75) is 38.1 Å². The second-order valence-corrected chi connectivity index (χ2v) is 5.16. The fourth-order valence-electron chi connectivity index (χ4n) is 2.83. The highest BCUT2D eigenvalue weighted by Crippen LogP contribution is 2.30. The Morgan fingerprint density at radius 2 is 2.11 bits per heavy atom. The molecule has 2 heterocycles. The van der Waals surface area contributed by atoms with Crippen molar-refractivity contribution in [2.24, 2.45) is 7.05 Å². The van der Waals surface area contributed by atoms with E-state index in [0.717, 1.165) is 30.5 Å². The molecule has 0 N–H and O–H groups in total. The molecule has 2 aromatic rings. The number of aryl methyl sites for hydroxylation is 1. The summed E-state index contributed by atoms with van der Waals surface area (Å²) in [6.45, 7) is 0. The number of nitrogens with zero attached hydrogens (tertiary/aromatic N) is 4. The molecule has 19 heavy (non-hydrogen) atoms. The molecule has 3 rings (SSSR count). The Labute approximate surface area is 112 Å². The van der Waals surface area contributed by atoms with Gasteiger partial charge in [0, 0.05) is 19.4 Å². The molecule has 0 aliphatic heterocycles. The summed E-state index contributed by atoms with van der Waals surface area (Å²) in [6.07, 6.45) is 10.6. The molecule has 1 saturated carbocycles. The third-order valence-corrected chi connectivity index (χ3v) is 3.90. The van der Waals surface area contributed by atoms with Gasteiger partial charge in [-0.15, -0.1) is 0 Å². The lowest BCUT2D eigenvalue weighted by atomic mass is 9.96. The molecule has 5 heteroatoms. The monoisotopic (exact) mass is 258 g/mol. The van der Waals surface area contributed by atoms with Gasteiger partial charge >= 0.3 is 0 Å². The predicted octanol–water partition coefficient (Wildman–Crippen LogP) is 2.60. The molecule has 5 nitrogen and oxygen atoms in total. The molecule has 0 radical (unpaired) electrons. The maximum Gasteiger partial charge on any atom is 0.153 e. The number of hydrogen-bond donors (Lipinski definition) is 0. The molecule has 1 aliphatic rings. The second kappa shape index (κ2) is 4.99. The SMILES string of the molecule is Cn1nccc1-c1nn(C2CCCCC2)cc1C=O. The number of rotatable bonds is 3. The van der Waals surface area contributed by atoms with Gasteiger partial charge < -0.3 is 0 Å². The molecule has 0 amide bonds. The summed E-state index contributed by atoms with van der Waals surface area (Å²) < 4.78 is 3.73. The van der Waals surface area contributed by atoms with E-state index in [4.69, 9.17) is 0 Å². The first-order chi connectivity index (χ1) is 9.29. The topological polar surface area (TPSA) is 52.7 Å². The quantitative estimate of drug-likeness (QED) is 0.795. The summed E-state index contributed by atoms with van der Waals surface area (Å²) >= 11 is 0. The minimum Gasteiger partial charge on any atom is -0.298 e. The van der Waals surface area contributed by atoms with Crippen molar-refractivity contribution < 1.29 is 4.79 Å². The molecule has 0 unspecified atom stereocenters. The molecule has 0 bridgehead atoms. The lowest BCUT2D eigenvalue weighted by molar-refractivity contribution is 0.112. The zero-order chi connectivity index (χ0) is 13.2. The zero-order valence-corrected chi connectivity index (χ0v) is 11.1. The largest absolute Gasteiger partial charge is 0.298 e. The Kier molecular flexibility index (Phi) is 3.19. The highest BCUT2D eigenvalue weighted by Gasteiger charge is 2.20. The van der Waals surface area contributed by atoms with Crippen molar-refractivity contribution in [3.8, 4) is 11.4 Å². The van der Waals surface area contributed by atoms with Crippen LogP contribution in [0.15, 0.2) is 18.5 Å². The van der Waals surface area contributed by atoms with E-state index in [1.807, 2.05) is 24.0 Å². The van der Waals surface area contributed by atoms with E-state index < -0.39 is 0 Å². The summed E-state index contributed by atoms with van der Waals surface area (Å²) in [5, 5.41) is 8.77. The van der Waals surface area contributed by atoms with Crippen LogP contribution in [-0.2, 0) is 7.05 Å². The standard InChI is InChI=1S/C14H18N4O/c1-17-13(7-8-15-17)14-11(10-19)9-18(16-14)12-5-3-2-4-6-12/h7-10,12H,2-6H2,1H3. The minimum atomic E-state index is 0.439. The maximum atomic E-state index is 11.2. The number of aromatic nitrogens is 4. The molecule has 100 valence electrons. The summed E-state index contributed by atoms with van der Waals surface area (Å²) in [7, 11) is 1.86. The molecular weight excluding hydrogens is 240 g/mol. The zero-order valence-electron chi connectivity index (χ0n) is 11.1. The lowest BCUT2D eigenvalue weighted by Crippen LogP contribution is -2.13. The summed E-state index contributed by atoms with van der Waals surface area (Å²) in [4.78, 5) is 11.2. The fraction of sp³-hybridized carbons (Fsp3) is 0.500. The average molecular weight is 258 g/mol. The molecule has 0 atom stereocenters. The van der Waals surface area contributed by atoms with Gasteiger partial charge in [-0.2, -0.15) is 10.2 Å². The van der Waals surface area contributed by atoms with E-state index in [2.05, 4.69) is 10.2 Å². The van der Waals surface area contributed by atoms with Crippen molar-refractivity contribution in [3.05, 3.63) is 24.0 Å². The third kappa shape index (κ3) is 2.20. The molecule has 1 aliphatic carbocycles. The van der Waals surface area contributed by atoms with Crippen molar-refractivity contribution in [1.82, 2.24) is 19.6 Å². The van der Waals surface area contributed by atoms with Gasteiger partial charge in [0.1, 0.15) is 5.69 Å². The highest BCUT2D eigenvalue weighted by molar-refractivity contribution is 5.84. The van der Waals surface area contributed by atoms with Gasteiger partial charge in [0.2, 0.25) is 0 Å². The first-order valence-electron chi connectivity index (χ1n) is 6.82. The van der Waals surface area contributed by atoms with Gasteiger partial charge in [-0.05, 0) is 18.9 Å². The van der Waals surface area contributed by atoms with Crippen LogP contribution >= 0.6 is 0 Å². The van der Waals surface area contributed by atoms with Gasteiger partial charge in [-0.3, -0.25) is 14.2 Å². The van der Waals surface area contributed by atoms with E-state index in [-0.39, 0.29) is 0 Å². The molecule has 2 aromatic heterocycles. The number of aldehydes is 1. The Bertz CT molecular complexity index is 578. The number of carbonyl (C=O) groups is 1. The Morgan fingerprint density at radius 3 is 2.74 bits per heavy atom.